The van der Waals surface area contributed by atoms with Crippen molar-refractivity contribution in [1.29, 1.82) is 0 Å². The first-order valence-electron chi connectivity index (χ1n) is 8.30. The molecule has 24 heavy (non-hydrogen) atoms. The van der Waals surface area contributed by atoms with Crippen LogP contribution in [0.15, 0.2) is 22.7 Å². The Morgan fingerprint density at radius 2 is 2.21 bits per heavy atom. The van der Waals surface area contributed by atoms with Gasteiger partial charge in [-0.3, -0.25) is 9.69 Å². The number of hydrogen-bond donors (Lipinski definition) is 1. The van der Waals surface area contributed by atoms with Gasteiger partial charge in [0.25, 0.3) is 0 Å². The van der Waals surface area contributed by atoms with Gasteiger partial charge in [-0.25, -0.2) is 4.98 Å². The number of pyridine rings is 1. The van der Waals surface area contributed by atoms with E-state index in [1.54, 1.807) is 13.1 Å². The zero-order valence-corrected chi connectivity index (χ0v) is 14.3. The lowest BCUT2D eigenvalue weighted by atomic mass is 9.96. The third kappa shape index (κ3) is 3.79. The first kappa shape index (κ1) is 16.6. The van der Waals surface area contributed by atoms with E-state index in [1.807, 2.05) is 26.0 Å². The molecule has 0 aliphatic carbocycles. The van der Waals surface area contributed by atoms with E-state index in [9.17, 15) is 4.79 Å². The Bertz CT molecular complexity index is 697. The number of amides is 1. The second-order valence-electron chi connectivity index (χ2n) is 6.38. The number of hydrogen-bond acceptors (Lipinski definition) is 6. The van der Waals surface area contributed by atoms with Gasteiger partial charge >= 0.3 is 0 Å². The van der Waals surface area contributed by atoms with E-state index < -0.39 is 0 Å². The predicted octanol–water partition coefficient (Wildman–Crippen LogP) is 2.49. The van der Waals surface area contributed by atoms with Crippen LogP contribution < -0.4 is 5.32 Å². The van der Waals surface area contributed by atoms with Gasteiger partial charge in [-0.05, 0) is 44.9 Å². The van der Waals surface area contributed by atoms with Crippen LogP contribution in [0.1, 0.15) is 43.2 Å². The van der Waals surface area contributed by atoms with E-state index in [2.05, 4.69) is 25.4 Å². The van der Waals surface area contributed by atoms with Gasteiger partial charge in [0.2, 0.25) is 17.7 Å². The second-order valence-corrected chi connectivity index (χ2v) is 6.38. The maximum Gasteiger partial charge on any atom is 0.233 e. The summed E-state index contributed by atoms with van der Waals surface area (Å²) in [4.78, 5) is 19.0. The largest absolute Gasteiger partial charge is 0.424 e. The molecule has 2 aromatic heterocycles. The molecule has 1 saturated heterocycles. The number of rotatable bonds is 4. The molecule has 128 valence electrons. The molecule has 1 aliphatic heterocycles. The van der Waals surface area contributed by atoms with Crippen LogP contribution in [0.3, 0.4) is 0 Å². The molecular weight excluding hydrogens is 306 g/mol. The van der Waals surface area contributed by atoms with Gasteiger partial charge in [0.15, 0.2) is 0 Å². The first-order chi connectivity index (χ1) is 11.5. The molecule has 7 heteroatoms. The molecule has 0 bridgehead atoms. The molecule has 7 nitrogen and oxygen atoms in total. The van der Waals surface area contributed by atoms with E-state index in [4.69, 9.17) is 4.42 Å². The van der Waals surface area contributed by atoms with Gasteiger partial charge < -0.3 is 9.73 Å². The quantitative estimate of drug-likeness (QED) is 0.928. The molecule has 3 rings (SSSR count). The molecular formula is C17H23N5O2. The fraction of sp³-hybridized carbons (Fsp3) is 0.529. The van der Waals surface area contributed by atoms with Gasteiger partial charge in [-0.2, -0.15) is 0 Å². The van der Waals surface area contributed by atoms with E-state index in [0.717, 1.165) is 24.9 Å². The minimum Gasteiger partial charge on any atom is -0.424 e. The Balaban J connectivity index is 1.62. The summed E-state index contributed by atoms with van der Waals surface area (Å²) in [7, 11) is 0. The minimum atomic E-state index is -0.0617. The fourth-order valence-electron chi connectivity index (χ4n) is 2.98. The van der Waals surface area contributed by atoms with Crippen molar-refractivity contribution >= 4 is 11.7 Å². The molecule has 1 fully saturated rings. The normalized spacial score (nSPS) is 19.9. The standard InChI is InChI=1S/C17H23N5O2/c1-11-6-7-15(18-9-11)19-16(23)14-5-4-8-22(10-14)12(2)17-21-20-13(3)24-17/h6-7,9,12,14H,4-5,8,10H2,1-3H3,(H,18,19,23)/t12-,14-/m1/s1. The van der Waals surface area contributed by atoms with Crippen LogP contribution in [0.2, 0.25) is 0 Å². The highest BCUT2D eigenvalue weighted by molar-refractivity contribution is 5.91. The van der Waals surface area contributed by atoms with Crippen LogP contribution in [0.5, 0.6) is 0 Å². The number of nitrogens with one attached hydrogen (secondary N) is 1. The van der Waals surface area contributed by atoms with Crippen molar-refractivity contribution < 1.29 is 9.21 Å². The maximum absolute atomic E-state index is 12.5. The van der Waals surface area contributed by atoms with Crippen molar-refractivity contribution in [2.75, 3.05) is 18.4 Å². The van der Waals surface area contributed by atoms with Crippen LogP contribution in [-0.4, -0.2) is 39.1 Å². The minimum absolute atomic E-state index is 0.0132. The highest BCUT2D eigenvalue weighted by Gasteiger charge is 2.30. The highest BCUT2D eigenvalue weighted by atomic mass is 16.4. The highest BCUT2D eigenvalue weighted by Crippen LogP contribution is 2.26. The topological polar surface area (TPSA) is 84.2 Å². The number of aryl methyl sites for hydroxylation is 2. The molecule has 0 aromatic carbocycles. The Kier molecular flexibility index (Phi) is 4.89. The summed E-state index contributed by atoms with van der Waals surface area (Å²) in [6.07, 6.45) is 3.60. The molecule has 1 amide bonds. The Morgan fingerprint density at radius 1 is 1.38 bits per heavy atom. The van der Waals surface area contributed by atoms with Crippen LogP contribution in [-0.2, 0) is 4.79 Å². The average Bonchev–Trinajstić information content (AvgIpc) is 3.03. The lowest BCUT2D eigenvalue weighted by Crippen LogP contribution is -2.42. The second kappa shape index (κ2) is 7.09. The lowest BCUT2D eigenvalue weighted by molar-refractivity contribution is -0.121. The summed E-state index contributed by atoms with van der Waals surface area (Å²) in [5.41, 5.74) is 1.07. The zero-order valence-electron chi connectivity index (χ0n) is 14.3. The van der Waals surface area contributed by atoms with Crippen molar-refractivity contribution in [2.24, 2.45) is 5.92 Å². The van der Waals surface area contributed by atoms with E-state index in [0.29, 0.717) is 24.1 Å². The zero-order chi connectivity index (χ0) is 17.1. The van der Waals surface area contributed by atoms with Crippen LogP contribution in [0.4, 0.5) is 5.82 Å². The number of anilines is 1. The predicted molar refractivity (Wildman–Crippen MR) is 89.4 cm³/mol. The molecule has 0 saturated carbocycles. The summed E-state index contributed by atoms with van der Waals surface area (Å²) in [6.45, 7) is 7.40. The molecule has 2 aromatic rings. The van der Waals surface area contributed by atoms with Crippen molar-refractivity contribution in [3.8, 4) is 0 Å². The van der Waals surface area contributed by atoms with Gasteiger partial charge in [-0.15, -0.1) is 10.2 Å². The lowest BCUT2D eigenvalue weighted by Gasteiger charge is -2.34. The number of piperidine rings is 1. The number of carbonyl (C=O) groups excluding carboxylic acids is 1. The Hall–Kier alpha value is -2.28. The van der Waals surface area contributed by atoms with Gasteiger partial charge in [0.1, 0.15) is 5.82 Å². The Morgan fingerprint density at radius 3 is 2.88 bits per heavy atom. The molecule has 0 unspecified atom stereocenters. The maximum atomic E-state index is 12.5. The fourth-order valence-corrected chi connectivity index (χ4v) is 2.98. The summed E-state index contributed by atoms with van der Waals surface area (Å²) in [5, 5.41) is 10.9. The monoisotopic (exact) mass is 329 g/mol. The number of nitrogens with zero attached hydrogens (tertiary/aromatic N) is 4. The van der Waals surface area contributed by atoms with Crippen molar-refractivity contribution in [1.82, 2.24) is 20.1 Å². The van der Waals surface area contributed by atoms with E-state index in [1.165, 1.54) is 0 Å². The van der Waals surface area contributed by atoms with Gasteiger partial charge in [0.05, 0.1) is 12.0 Å². The van der Waals surface area contributed by atoms with E-state index in [-0.39, 0.29) is 17.9 Å². The number of likely N-dealkylation sites (tertiary alicyclic amines) is 1. The van der Waals surface area contributed by atoms with Crippen LogP contribution in [0.25, 0.3) is 0 Å². The van der Waals surface area contributed by atoms with Crippen molar-refractivity contribution in [3.05, 3.63) is 35.7 Å². The van der Waals surface area contributed by atoms with E-state index >= 15 is 0 Å². The van der Waals surface area contributed by atoms with Gasteiger partial charge in [-0.1, -0.05) is 6.07 Å². The summed E-state index contributed by atoms with van der Waals surface area (Å²) in [6, 6.07) is 3.78. The van der Waals surface area contributed by atoms with Crippen molar-refractivity contribution in [2.45, 2.75) is 39.7 Å². The third-order valence-corrected chi connectivity index (χ3v) is 4.43. The van der Waals surface area contributed by atoms with Crippen LogP contribution in [0, 0.1) is 19.8 Å². The number of aromatic nitrogens is 3. The molecule has 2 atom stereocenters. The summed E-state index contributed by atoms with van der Waals surface area (Å²) >= 11 is 0. The van der Waals surface area contributed by atoms with Crippen LogP contribution >= 0.6 is 0 Å². The molecule has 1 aliphatic rings. The Labute approximate surface area is 141 Å². The first-order valence-corrected chi connectivity index (χ1v) is 8.30. The summed E-state index contributed by atoms with van der Waals surface area (Å²) in [5.74, 6) is 1.73. The molecule has 1 N–H and O–H groups in total. The SMILES string of the molecule is Cc1ccc(NC(=O)[C@@H]2CCCN([C@H](C)c3nnc(C)o3)C2)nc1. The molecule has 0 radical (unpaired) electrons. The van der Waals surface area contributed by atoms with Crippen molar-refractivity contribution in [3.63, 3.8) is 0 Å². The molecule has 0 spiro atoms. The van der Waals surface area contributed by atoms with Gasteiger partial charge in [0, 0.05) is 19.7 Å². The molecule has 3 heterocycles. The third-order valence-electron chi connectivity index (χ3n) is 4.43. The number of carbonyl (C=O) groups is 1. The smallest absolute Gasteiger partial charge is 0.233 e. The summed E-state index contributed by atoms with van der Waals surface area (Å²) < 4.78 is 5.53. The average molecular weight is 329 g/mol.